The maximum atomic E-state index is 12.9. The predicted octanol–water partition coefficient (Wildman–Crippen LogP) is 2.35. The molecule has 1 aromatic carbocycles. The number of rotatable bonds is 4. The van der Waals surface area contributed by atoms with Gasteiger partial charge < -0.3 is 16.0 Å². The Bertz CT molecular complexity index is 1040. The Labute approximate surface area is 187 Å². The summed E-state index contributed by atoms with van der Waals surface area (Å²) in [4.78, 5) is 40.1. The predicted molar refractivity (Wildman–Crippen MR) is 120 cm³/mol. The van der Waals surface area contributed by atoms with Crippen LogP contribution in [0.5, 0.6) is 0 Å². The van der Waals surface area contributed by atoms with Gasteiger partial charge in [0.2, 0.25) is 11.8 Å². The van der Waals surface area contributed by atoms with Crippen LogP contribution in [-0.2, 0) is 11.3 Å². The van der Waals surface area contributed by atoms with Gasteiger partial charge in [0.05, 0.1) is 0 Å². The van der Waals surface area contributed by atoms with E-state index in [1.54, 1.807) is 12.3 Å². The molecule has 0 radical (unpaired) electrons. The number of nitrogens with one attached hydrogen (secondary N) is 1. The fourth-order valence-electron chi connectivity index (χ4n) is 5.00. The third kappa shape index (κ3) is 4.38. The molecule has 2 saturated heterocycles. The molecule has 0 bridgehead atoms. The highest BCUT2D eigenvalue weighted by molar-refractivity contribution is 5.94. The Kier molecular flexibility index (Phi) is 6.01. The highest BCUT2D eigenvalue weighted by atomic mass is 16.2. The minimum Gasteiger partial charge on any atom is -0.366 e. The molecular formula is C23H30N6O3. The Morgan fingerprint density at radius 2 is 1.88 bits per heavy atom. The smallest absolute Gasteiger partial charge is 0.344 e. The quantitative estimate of drug-likeness (QED) is 0.761. The lowest BCUT2D eigenvalue weighted by Gasteiger charge is -2.45. The zero-order chi connectivity index (χ0) is 22.9. The summed E-state index contributed by atoms with van der Waals surface area (Å²) >= 11 is 0. The summed E-state index contributed by atoms with van der Waals surface area (Å²) in [7, 11) is 0. The number of aromatic nitrogens is 2. The molecule has 0 aliphatic carbocycles. The normalized spacial score (nSPS) is 18.1. The van der Waals surface area contributed by atoms with Gasteiger partial charge in [-0.3, -0.25) is 14.5 Å². The molecule has 0 atom stereocenters. The molecule has 9 nitrogen and oxygen atoms in total. The van der Waals surface area contributed by atoms with E-state index in [0.717, 1.165) is 49.9 Å². The molecular weight excluding hydrogens is 408 g/mol. The highest BCUT2D eigenvalue weighted by Crippen LogP contribution is 2.39. The first-order valence-corrected chi connectivity index (χ1v) is 11.0. The summed E-state index contributed by atoms with van der Waals surface area (Å²) in [5.41, 5.74) is 8.16. The topological polar surface area (TPSA) is 114 Å². The number of carbonyl (C=O) groups excluding carboxylic acids is 3. The lowest BCUT2D eigenvalue weighted by Crippen LogP contribution is -2.53. The van der Waals surface area contributed by atoms with Crippen molar-refractivity contribution in [3.63, 3.8) is 0 Å². The van der Waals surface area contributed by atoms with Gasteiger partial charge >= 0.3 is 6.03 Å². The lowest BCUT2D eigenvalue weighted by molar-refractivity contribution is -0.114. The molecule has 3 N–H and O–H groups in total. The lowest BCUT2D eigenvalue weighted by atomic mass is 9.84. The summed E-state index contributed by atoms with van der Waals surface area (Å²) in [6.45, 7) is 6.40. The number of likely N-dealkylation sites (tertiary alicyclic amines) is 2. The molecule has 2 aliphatic heterocycles. The Morgan fingerprint density at radius 3 is 2.56 bits per heavy atom. The van der Waals surface area contributed by atoms with Crippen LogP contribution in [0.1, 0.15) is 54.1 Å². The van der Waals surface area contributed by atoms with E-state index in [0.29, 0.717) is 24.5 Å². The minimum absolute atomic E-state index is 0.0695. The summed E-state index contributed by atoms with van der Waals surface area (Å²) in [6, 6.07) is 7.37. The number of piperidine rings is 1. The largest absolute Gasteiger partial charge is 0.366 e. The summed E-state index contributed by atoms with van der Waals surface area (Å²) in [6.07, 6.45) is 5.60. The standard InChI is InChI=1S/C23H30N6O3/c1-16-4-5-18(14-19(16)21(24)31)15-28-10-3-7-23(28)8-12-27(13-9-23)22(32)29-11-6-20(26-29)25-17(2)30/h4-6,11,14H,3,7-10,12-13,15H2,1-2H3,(H2,24,31)(H,25,26,30). The van der Waals surface area contributed by atoms with Crippen LogP contribution in [0.4, 0.5) is 10.6 Å². The van der Waals surface area contributed by atoms with Crippen LogP contribution < -0.4 is 11.1 Å². The number of hydrogen-bond acceptors (Lipinski definition) is 5. The monoisotopic (exact) mass is 438 g/mol. The van der Waals surface area contributed by atoms with E-state index in [9.17, 15) is 14.4 Å². The number of carbonyl (C=O) groups is 3. The van der Waals surface area contributed by atoms with Gasteiger partial charge in [0, 0.05) is 49.9 Å². The molecule has 32 heavy (non-hydrogen) atoms. The molecule has 0 unspecified atom stereocenters. The maximum Gasteiger partial charge on any atom is 0.344 e. The molecule has 9 heteroatoms. The fourth-order valence-corrected chi connectivity index (χ4v) is 5.00. The van der Waals surface area contributed by atoms with Crippen LogP contribution in [0.15, 0.2) is 30.5 Å². The average Bonchev–Trinajstić information content (AvgIpc) is 3.36. The molecule has 3 amide bonds. The van der Waals surface area contributed by atoms with Crippen molar-refractivity contribution in [2.45, 2.75) is 51.6 Å². The van der Waals surface area contributed by atoms with E-state index >= 15 is 0 Å². The first-order chi connectivity index (χ1) is 15.3. The van der Waals surface area contributed by atoms with Gasteiger partial charge in [-0.1, -0.05) is 12.1 Å². The molecule has 170 valence electrons. The van der Waals surface area contributed by atoms with Crippen molar-refractivity contribution in [3.05, 3.63) is 47.2 Å². The van der Waals surface area contributed by atoms with Gasteiger partial charge in [-0.05, 0) is 56.3 Å². The van der Waals surface area contributed by atoms with Gasteiger partial charge in [0.25, 0.3) is 0 Å². The first kappa shape index (κ1) is 22.0. The zero-order valence-corrected chi connectivity index (χ0v) is 18.6. The van der Waals surface area contributed by atoms with Crippen molar-refractivity contribution in [2.75, 3.05) is 25.0 Å². The van der Waals surface area contributed by atoms with Crippen LogP contribution in [0.3, 0.4) is 0 Å². The zero-order valence-electron chi connectivity index (χ0n) is 18.6. The van der Waals surface area contributed by atoms with Crippen LogP contribution >= 0.6 is 0 Å². The Balaban J connectivity index is 1.41. The van der Waals surface area contributed by atoms with Crippen molar-refractivity contribution in [2.24, 2.45) is 5.73 Å². The van der Waals surface area contributed by atoms with Crippen molar-refractivity contribution in [1.29, 1.82) is 0 Å². The van der Waals surface area contributed by atoms with E-state index in [1.807, 2.05) is 24.0 Å². The highest BCUT2D eigenvalue weighted by Gasteiger charge is 2.43. The van der Waals surface area contributed by atoms with E-state index in [1.165, 1.54) is 11.6 Å². The molecule has 1 spiro atoms. The first-order valence-electron chi connectivity index (χ1n) is 11.0. The van der Waals surface area contributed by atoms with Crippen LogP contribution in [0, 0.1) is 6.92 Å². The number of nitrogens with two attached hydrogens (primary N) is 1. The maximum absolute atomic E-state index is 12.9. The van der Waals surface area contributed by atoms with Gasteiger partial charge in [-0.2, -0.15) is 4.68 Å². The van der Waals surface area contributed by atoms with E-state index in [-0.39, 0.29) is 17.5 Å². The fraction of sp³-hybridized carbons (Fsp3) is 0.478. The van der Waals surface area contributed by atoms with Gasteiger partial charge in [-0.15, -0.1) is 5.10 Å². The number of benzene rings is 1. The second kappa shape index (κ2) is 8.74. The molecule has 1 aromatic heterocycles. The van der Waals surface area contributed by atoms with Crippen molar-refractivity contribution >= 4 is 23.7 Å². The Hall–Kier alpha value is -3.20. The number of aryl methyl sites for hydroxylation is 1. The molecule has 0 saturated carbocycles. The summed E-state index contributed by atoms with van der Waals surface area (Å²) < 4.78 is 1.29. The third-order valence-electron chi connectivity index (χ3n) is 6.74. The van der Waals surface area contributed by atoms with Crippen molar-refractivity contribution in [3.8, 4) is 0 Å². The van der Waals surface area contributed by atoms with Gasteiger partial charge in [0.15, 0.2) is 5.82 Å². The van der Waals surface area contributed by atoms with Crippen LogP contribution in [0.2, 0.25) is 0 Å². The third-order valence-corrected chi connectivity index (χ3v) is 6.74. The van der Waals surface area contributed by atoms with E-state index < -0.39 is 5.91 Å². The molecule has 2 aliphatic rings. The second-order valence-electron chi connectivity index (χ2n) is 8.86. The molecule has 4 rings (SSSR count). The Morgan fingerprint density at radius 1 is 1.12 bits per heavy atom. The number of hydrogen-bond donors (Lipinski definition) is 2. The minimum atomic E-state index is -0.396. The SMILES string of the molecule is CC(=O)Nc1ccn(C(=O)N2CCC3(CCCN3Cc3ccc(C)c(C(N)=O)c3)CC2)n1. The van der Waals surface area contributed by atoms with Crippen molar-refractivity contribution in [1.82, 2.24) is 19.6 Å². The molecule has 2 aromatic rings. The van der Waals surface area contributed by atoms with Gasteiger partial charge in [0.1, 0.15) is 0 Å². The number of amides is 3. The number of anilines is 1. The van der Waals surface area contributed by atoms with Crippen LogP contribution in [-0.4, -0.2) is 62.6 Å². The van der Waals surface area contributed by atoms with Crippen LogP contribution in [0.25, 0.3) is 0 Å². The number of nitrogens with zero attached hydrogens (tertiary/aromatic N) is 4. The molecule has 3 heterocycles. The van der Waals surface area contributed by atoms with E-state index in [4.69, 9.17) is 5.73 Å². The summed E-state index contributed by atoms with van der Waals surface area (Å²) in [5.74, 6) is -0.247. The second-order valence-corrected chi connectivity index (χ2v) is 8.86. The summed E-state index contributed by atoms with van der Waals surface area (Å²) in [5, 5.41) is 6.75. The van der Waals surface area contributed by atoms with Crippen molar-refractivity contribution < 1.29 is 14.4 Å². The van der Waals surface area contributed by atoms with Gasteiger partial charge in [-0.25, -0.2) is 4.79 Å². The number of primary amides is 1. The molecule has 2 fully saturated rings. The van der Waals surface area contributed by atoms with E-state index in [2.05, 4.69) is 21.4 Å². The average molecular weight is 439 g/mol.